The molecule has 0 aliphatic carbocycles. The Hall–Kier alpha value is -1.68. The minimum atomic E-state index is 0.632. The first-order chi connectivity index (χ1) is 7.83. The van der Waals surface area contributed by atoms with Crippen LogP contribution in [0, 0.1) is 12.3 Å². The predicted octanol–water partition coefficient (Wildman–Crippen LogP) is 3.91. The van der Waals surface area contributed by atoms with Gasteiger partial charge in [-0.15, -0.1) is 12.3 Å². The van der Waals surface area contributed by atoms with Gasteiger partial charge in [-0.2, -0.15) is 0 Å². The Bertz CT molecular complexity index is 357. The molecule has 16 heavy (non-hydrogen) atoms. The highest BCUT2D eigenvalue weighted by molar-refractivity contribution is 5.13. The number of benzene rings is 1. The summed E-state index contributed by atoms with van der Waals surface area (Å²) in [5, 5.41) is 0. The molecule has 0 saturated heterocycles. The van der Waals surface area contributed by atoms with Crippen molar-refractivity contribution < 1.29 is 4.74 Å². The average molecular weight is 214 g/mol. The van der Waals surface area contributed by atoms with E-state index in [1.807, 2.05) is 24.5 Å². The molecule has 84 valence electrons. The summed E-state index contributed by atoms with van der Waals surface area (Å²) in [5.41, 5.74) is 2.43. The van der Waals surface area contributed by atoms with Crippen molar-refractivity contribution in [2.24, 2.45) is 0 Å². The van der Waals surface area contributed by atoms with E-state index in [4.69, 9.17) is 11.2 Å². The summed E-state index contributed by atoms with van der Waals surface area (Å²) in [4.78, 5) is 0. The van der Waals surface area contributed by atoms with Crippen molar-refractivity contribution in [1.82, 2.24) is 0 Å². The summed E-state index contributed by atoms with van der Waals surface area (Å²) in [6, 6.07) is 10.2. The second-order valence-electron chi connectivity index (χ2n) is 3.82. The zero-order valence-electron chi connectivity index (χ0n) is 9.78. The molecule has 0 unspecified atom stereocenters. The first kappa shape index (κ1) is 12.4. The number of terminal acetylenes is 1. The third-order valence-corrected chi connectivity index (χ3v) is 2.27. The Labute approximate surface area is 98.1 Å². The monoisotopic (exact) mass is 214 g/mol. The highest BCUT2D eigenvalue weighted by atomic mass is 16.5. The molecule has 0 saturated carbocycles. The molecule has 0 fully saturated rings. The summed E-state index contributed by atoms with van der Waals surface area (Å²) >= 11 is 0. The maximum Gasteiger partial charge on any atom is 0.112 e. The Morgan fingerprint density at radius 1 is 1.38 bits per heavy atom. The van der Waals surface area contributed by atoms with E-state index in [0.717, 1.165) is 19.3 Å². The molecular weight excluding hydrogens is 196 g/mol. The Morgan fingerprint density at radius 2 is 2.12 bits per heavy atom. The van der Waals surface area contributed by atoms with Crippen LogP contribution in [-0.2, 0) is 11.3 Å². The zero-order chi connectivity index (χ0) is 11.6. The minimum Gasteiger partial charge on any atom is -0.497 e. The van der Waals surface area contributed by atoms with Crippen molar-refractivity contribution in [3.05, 3.63) is 47.7 Å². The van der Waals surface area contributed by atoms with E-state index >= 15 is 0 Å². The van der Waals surface area contributed by atoms with Gasteiger partial charge in [0.25, 0.3) is 0 Å². The van der Waals surface area contributed by atoms with E-state index in [9.17, 15) is 0 Å². The fourth-order valence-electron chi connectivity index (χ4n) is 1.38. The first-order valence-corrected chi connectivity index (χ1v) is 5.57. The standard InChI is InChI=1S/C15H18O/c1-3-4-6-9-14(2)12-16-13-15-10-7-5-8-11-15/h1,5,7-8,10-12H,4,6,9,13H2,2H3/b14-12+. The van der Waals surface area contributed by atoms with Crippen molar-refractivity contribution in [3.63, 3.8) is 0 Å². The molecule has 0 amide bonds. The Balaban J connectivity index is 2.23. The lowest BCUT2D eigenvalue weighted by molar-refractivity contribution is 0.232. The molecular formula is C15H18O. The molecule has 1 aromatic rings. The van der Waals surface area contributed by atoms with E-state index in [0.29, 0.717) is 6.61 Å². The van der Waals surface area contributed by atoms with Crippen LogP contribution in [0.25, 0.3) is 0 Å². The van der Waals surface area contributed by atoms with Gasteiger partial charge in [0.2, 0.25) is 0 Å². The highest BCUT2D eigenvalue weighted by Gasteiger charge is 1.92. The smallest absolute Gasteiger partial charge is 0.112 e. The van der Waals surface area contributed by atoms with E-state index < -0.39 is 0 Å². The molecule has 1 aromatic carbocycles. The summed E-state index contributed by atoms with van der Waals surface area (Å²) in [7, 11) is 0. The number of allylic oxidation sites excluding steroid dienone is 1. The van der Waals surface area contributed by atoms with Gasteiger partial charge in [0.05, 0.1) is 6.26 Å². The van der Waals surface area contributed by atoms with Crippen molar-refractivity contribution in [1.29, 1.82) is 0 Å². The topological polar surface area (TPSA) is 9.23 Å². The van der Waals surface area contributed by atoms with Gasteiger partial charge in [-0.1, -0.05) is 30.3 Å². The summed E-state index contributed by atoms with van der Waals surface area (Å²) in [6.45, 7) is 2.70. The predicted molar refractivity (Wildman–Crippen MR) is 67.7 cm³/mol. The van der Waals surface area contributed by atoms with Gasteiger partial charge in [-0.3, -0.25) is 0 Å². The molecule has 0 bridgehead atoms. The van der Waals surface area contributed by atoms with Crippen molar-refractivity contribution in [2.45, 2.75) is 32.8 Å². The van der Waals surface area contributed by atoms with E-state index in [-0.39, 0.29) is 0 Å². The van der Waals surface area contributed by atoms with E-state index in [1.54, 1.807) is 0 Å². The van der Waals surface area contributed by atoms with Crippen LogP contribution in [0.2, 0.25) is 0 Å². The average Bonchev–Trinajstić information content (AvgIpc) is 2.31. The number of unbranched alkanes of at least 4 members (excludes halogenated alkanes) is 1. The maximum absolute atomic E-state index is 5.50. The molecule has 1 nitrogen and oxygen atoms in total. The Kier molecular flexibility index (Phi) is 5.88. The molecule has 0 heterocycles. The number of rotatable bonds is 6. The molecule has 0 radical (unpaired) electrons. The lowest BCUT2D eigenvalue weighted by Gasteiger charge is -2.03. The fourth-order valence-corrected chi connectivity index (χ4v) is 1.38. The summed E-state index contributed by atoms with van der Waals surface area (Å²) in [5.74, 6) is 2.64. The van der Waals surface area contributed by atoms with Crippen LogP contribution >= 0.6 is 0 Å². The lowest BCUT2D eigenvalue weighted by atomic mass is 10.1. The van der Waals surface area contributed by atoms with Crippen LogP contribution in [-0.4, -0.2) is 0 Å². The van der Waals surface area contributed by atoms with Gasteiger partial charge in [0.1, 0.15) is 6.61 Å². The second-order valence-corrected chi connectivity index (χ2v) is 3.82. The third kappa shape index (κ3) is 5.26. The maximum atomic E-state index is 5.50. The minimum absolute atomic E-state index is 0.632. The van der Waals surface area contributed by atoms with Crippen LogP contribution in [0.5, 0.6) is 0 Å². The van der Waals surface area contributed by atoms with Crippen LogP contribution < -0.4 is 0 Å². The zero-order valence-corrected chi connectivity index (χ0v) is 9.78. The summed E-state index contributed by atoms with van der Waals surface area (Å²) < 4.78 is 5.50. The second kappa shape index (κ2) is 7.59. The van der Waals surface area contributed by atoms with Gasteiger partial charge in [-0.25, -0.2) is 0 Å². The molecule has 0 atom stereocenters. The van der Waals surface area contributed by atoms with Crippen LogP contribution in [0.3, 0.4) is 0 Å². The van der Waals surface area contributed by atoms with Gasteiger partial charge in [0, 0.05) is 6.42 Å². The largest absolute Gasteiger partial charge is 0.497 e. The summed E-state index contributed by atoms with van der Waals surface area (Å²) in [6.07, 6.45) is 9.91. The van der Waals surface area contributed by atoms with Crippen LogP contribution in [0.15, 0.2) is 42.2 Å². The Morgan fingerprint density at radius 3 is 2.81 bits per heavy atom. The number of hydrogen-bond donors (Lipinski definition) is 0. The number of ether oxygens (including phenoxy) is 1. The van der Waals surface area contributed by atoms with Crippen molar-refractivity contribution >= 4 is 0 Å². The number of hydrogen-bond acceptors (Lipinski definition) is 1. The first-order valence-electron chi connectivity index (χ1n) is 5.57. The van der Waals surface area contributed by atoms with Gasteiger partial charge in [0.15, 0.2) is 0 Å². The van der Waals surface area contributed by atoms with Crippen LogP contribution in [0.1, 0.15) is 31.7 Å². The van der Waals surface area contributed by atoms with Crippen LogP contribution in [0.4, 0.5) is 0 Å². The van der Waals surface area contributed by atoms with Gasteiger partial charge < -0.3 is 4.74 Å². The van der Waals surface area contributed by atoms with E-state index in [2.05, 4.69) is 25.0 Å². The molecule has 0 aliphatic heterocycles. The normalized spacial score (nSPS) is 10.9. The molecule has 1 rings (SSSR count). The molecule has 0 aromatic heterocycles. The molecule has 0 N–H and O–H groups in total. The van der Waals surface area contributed by atoms with Crippen molar-refractivity contribution in [3.8, 4) is 12.3 Å². The van der Waals surface area contributed by atoms with Gasteiger partial charge in [-0.05, 0) is 30.9 Å². The van der Waals surface area contributed by atoms with E-state index in [1.165, 1.54) is 11.1 Å². The SMILES string of the molecule is C#CCCC/C(C)=C/OCc1ccccc1. The molecule has 0 aliphatic rings. The quantitative estimate of drug-likeness (QED) is 0.396. The molecule has 1 heteroatoms. The van der Waals surface area contributed by atoms with Gasteiger partial charge >= 0.3 is 0 Å². The third-order valence-electron chi connectivity index (χ3n) is 2.27. The van der Waals surface area contributed by atoms with Crippen molar-refractivity contribution in [2.75, 3.05) is 0 Å². The highest BCUT2D eigenvalue weighted by Crippen LogP contribution is 2.07. The lowest BCUT2D eigenvalue weighted by Crippen LogP contribution is -1.87. The molecule has 0 spiro atoms. The fraction of sp³-hybridized carbons (Fsp3) is 0.333.